The predicted molar refractivity (Wildman–Crippen MR) is 148 cm³/mol. The Morgan fingerprint density at radius 1 is 1.10 bits per heavy atom. The van der Waals surface area contributed by atoms with Crippen LogP contribution in [-0.2, 0) is 14.4 Å². The number of hydrogen-bond acceptors (Lipinski definition) is 8. The van der Waals surface area contributed by atoms with E-state index in [1.807, 2.05) is 30.3 Å². The molecular formula is C28H29N5O6S. The molecule has 0 aliphatic carbocycles. The highest BCUT2D eigenvalue weighted by Gasteiger charge is 2.47. The van der Waals surface area contributed by atoms with Gasteiger partial charge in [-0.2, -0.15) is 0 Å². The molecule has 208 valence electrons. The Bertz CT molecular complexity index is 1410. The number of benzene rings is 2. The SMILES string of the molecule is CCC(=O)c1csc(NC(=O)[C@H]([C@@H](C)c2ccccc2)N2C(=O)NC(c3ccc(OCC(=O)NC)cc3)C2=O)n1. The van der Waals surface area contributed by atoms with Gasteiger partial charge in [-0.15, -0.1) is 11.3 Å². The van der Waals surface area contributed by atoms with Gasteiger partial charge in [0.2, 0.25) is 5.91 Å². The second kappa shape index (κ2) is 12.5. The highest BCUT2D eigenvalue weighted by molar-refractivity contribution is 7.14. The number of thiazole rings is 1. The van der Waals surface area contributed by atoms with Crippen LogP contribution in [0.3, 0.4) is 0 Å². The van der Waals surface area contributed by atoms with E-state index in [0.717, 1.165) is 21.8 Å². The van der Waals surface area contributed by atoms with E-state index in [-0.39, 0.29) is 35.5 Å². The number of nitrogens with one attached hydrogen (secondary N) is 3. The van der Waals surface area contributed by atoms with Crippen molar-refractivity contribution < 1.29 is 28.7 Å². The molecule has 2 heterocycles. The lowest BCUT2D eigenvalue weighted by atomic mass is 9.91. The van der Waals surface area contributed by atoms with Crippen molar-refractivity contribution in [2.24, 2.45) is 0 Å². The molecule has 3 aromatic rings. The standard InChI is InChI=1S/C28H29N5O6S/c1-4-21(34)20-15-40-27(30-20)32-25(36)24(16(2)17-8-6-5-7-9-17)33-26(37)23(31-28(33)38)18-10-12-19(13-11-18)39-14-22(35)29-3/h5-13,15-16,23-24H,4,14H2,1-3H3,(H,29,35)(H,31,38)(H,30,32,36)/t16-,23?,24-/m0/s1. The third-order valence-corrected chi connectivity index (χ3v) is 7.28. The molecule has 1 fully saturated rings. The van der Waals surface area contributed by atoms with Gasteiger partial charge in [0, 0.05) is 24.8 Å². The second-order valence-electron chi connectivity index (χ2n) is 9.07. The first kappa shape index (κ1) is 28.4. The van der Waals surface area contributed by atoms with Crippen LogP contribution in [0, 0.1) is 0 Å². The summed E-state index contributed by atoms with van der Waals surface area (Å²) in [6.45, 7) is 3.32. The number of anilines is 1. The largest absolute Gasteiger partial charge is 0.484 e. The molecule has 1 unspecified atom stereocenters. The molecular weight excluding hydrogens is 534 g/mol. The molecule has 12 heteroatoms. The Kier molecular flexibility index (Phi) is 8.90. The van der Waals surface area contributed by atoms with Crippen LogP contribution < -0.4 is 20.7 Å². The quantitative estimate of drug-likeness (QED) is 0.240. The Hall–Kier alpha value is -4.58. The maximum absolute atomic E-state index is 13.6. The van der Waals surface area contributed by atoms with E-state index in [1.54, 1.807) is 43.5 Å². The van der Waals surface area contributed by atoms with Crippen LogP contribution in [-0.4, -0.2) is 59.1 Å². The topological polar surface area (TPSA) is 147 Å². The van der Waals surface area contributed by atoms with Gasteiger partial charge in [0.25, 0.3) is 11.8 Å². The summed E-state index contributed by atoms with van der Waals surface area (Å²) in [4.78, 5) is 69.1. The molecule has 1 aliphatic rings. The van der Waals surface area contributed by atoms with Crippen LogP contribution in [0.1, 0.15) is 53.8 Å². The van der Waals surface area contributed by atoms with Crippen LogP contribution in [0.2, 0.25) is 0 Å². The number of aromatic nitrogens is 1. The Morgan fingerprint density at radius 2 is 1.80 bits per heavy atom. The lowest BCUT2D eigenvalue weighted by molar-refractivity contribution is -0.134. The molecule has 3 atom stereocenters. The number of hydrogen-bond donors (Lipinski definition) is 3. The van der Waals surface area contributed by atoms with Crippen molar-refractivity contribution in [2.45, 2.75) is 38.3 Å². The summed E-state index contributed by atoms with van der Waals surface area (Å²) in [6, 6.07) is 12.6. The molecule has 40 heavy (non-hydrogen) atoms. The van der Waals surface area contributed by atoms with Gasteiger partial charge < -0.3 is 20.7 Å². The monoisotopic (exact) mass is 563 g/mol. The van der Waals surface area contributed by atoms with Gasteiger partial charge in [0.05, 0.1) is 0 Å². The minimum atomic E-state index is -1.20. The van der Waals surface area contributed by atoms with E-state index in [1.165, 1.54) is 7.05 Å². The highest BCUT2D eigenvalue weighted by atomic mass is 32.1. The highest BCUT2D eigenvalue weighted by Crippen LogP contribution is 2.32. The number of Topliss-reactive ketones (excluding diaryl/α,β-unsaturated/α-hetero) is 1. The number of ketones is 1. The van der Waals surface area contributed by atoms with Gasteiger partial charge >= 0.3 is 6.03 Å². The molecule has 1 saturated heterocycles. The second-order valence-corrected chi connectivity index (χ2v) is 9.93. The van der Waals surface area contributed by atoms with Crippen molar-refractivity contribution in [1.29, 1.82) is 0 Å². The summed E-state index contributed by atoms with van der Waals surface area (Å²) in [6.07, 6.45) is 0.274. The number of rotatable bonds is 11. The third-order valence-electron chi connectivity index (χ3n) is 6.52. The summed E-state index contributed by atoms with van der Waals surface area (Å²) in [5.41, 5.74) is 1.49. The van der Waals surface area contributed by atoms with Gasteiger partial charge in [-0.05, 0) is 23.3 Å². The normalized spacial score (nSPS) is 16.2. The fraction of sp³-hybridized carbons (Fsp3) is 0.286. The van der Waals surface area contributed by atoms with Gasteiger partial charge in [-0.1, -0.05) is 56.3 Å². The summed E-state index contributed by atoms with van der Waals surface area (Å²) in [5, 5.41) is 9.58. The first-order valence-corrected chi connectivity index (χ1v) is 13.5. The van der Waals surface area contributed by atoms with E-state index in [9.17, 15) is 24.0 Å². The fourth-order valence-corrected chi connectivity index (χ4v) is 5.01. The van der Waals surface area contributed by atoms with Crippen LogP contribution in [0.4, 0.5) is 9.93 Å². The number of nitrogens with zero attached hydrogens (tertiary/aromatic N) is 2. The maximum atomic E-state index is 13.6. The number of carbonyl (C=O) groups excluding carboxylic acids is 5. The summed E-state index contributed by atoms with van der Waals surface area (Å²) in [5.74, 6) is -1.79. The molecule has 0 bridgehead atoms. The van der Waals surface area contributed by atoms with E-state index >= 15 is 0 Å². The van der Waals surface area contributed by atoms with E-state index in [0.29, 0.717) is 11.3 Å². The lowest BCUT2D eigenvalue weighted by Gasteiger charge is -2.29. The zero-order chi connectivity index (χ0) is 28.8. The van der Waals surface area contributed by atoms with Crippen molar-refractivity contribution in [3.05, 3.63) is 76.8 Å². The van der Waals surface area contributed by atoms with Gasteiger partial charge in [-0.3, -0.25) is 19.2 Å². The summed E-state index contributed by atoms with van der Waals surface area (Å²) < 4.78 is 5.40. The minimum Gasteiger partial charge on any atom is -0.484 e. The molecule has 0 radical (unpaired) electrons. The Morgan fingerprint density at radius 3 is 2.45 bits per heavy atom. The molecule has 11 nitrogen and oxygen atoms in total. The molecule has 2 aromatic carbocycles. The number of ether oxygens (including phenoxy) is 1. The molecule has 4 rings (SSSR count). The smallest absolute Gasteiger partial charge is 0.325 e. The molecule has 3 N–H and O–H groups in total. The third kappa shape index (κ3) is 6.18. The molecule has 0 spiro atoms. The fourth-order valence-electron chi connectivity index (χ4n) is 4.29. The van der Waals surface area contributed by atoms with Crippen molar-refractivity contribution in [3.63, 3.8) is 0 Å². The van der Waals surface area contributed by atoms with Gasteiger partial charge in [-0.25, -0.2) is 14.7 Å². The average molecular weight is 564 g/mol. The van der Waals surface area contributed by atoms with Crippen molar-refractivity contribution in [2.75, 3.05) is 19.0 Å². The first-order valence-electron chi connectivity index (χ1n) is 12.6. The van der Waals surface area contributed by atoms with Crippen LogP contribution in [0.15, 0.2) is 60.0 Å². The van der Waals surface area contributed by atoms with Crippen molar-refractivity contribution >= 4 is 46.0 Å². The van der Waals surface area contributed by atoms with Gasteiger partial charge in [0.1, 0.15) is 23.5 Å². The van der Waals surface area contributed by atoms with Crippen LogP contribution >= 0.6 is 11.3 Å². The Labute approximate surface area is 234 Å². The molecule has 0 saturated carbocycles. The first-order chi connectivity index (χ1) is 19.2. The average Bonchev–Trinajstić information content (AvgIpc) is 3.56. The van der Waals surface area contributed by atoms with Crippen molar-refractivity contribution in [3.8, 4) is 5.75 Å². The number of urea groups is 1. The summed E-state index contributed by atoms with van der Waals surface area (Å²) >= 11 is 1.09. The van der Waals surface area contributed by atoms with Crippen LogP contribution in [0.5, 0.6) is 5.75 Å². The lowest BCUT2D eigenvalue weighted by Crippen LogP contribution is -2.50. The van der Waals surface area contributed by atoms with Crippen LogP contribution in [0.25, 0.3) is 0 Å². The minimum absolute atomic E-state index is 0.159. The number of amides is 5. The molecule has 5 amide bonds. The van der Waals surface area contributed by atoms with E-state index < -0.39 is 35.8 Å². The van der Waals surface area contributed by atoms with E-state index in [4.69, 9.17) is 4.74 Å². The van der Waals surface area contributed by atoms with Gasteiger partial charge in [0.15, 0.2) is 17.5 Å². The van der Waals surface area contributed by atoms with Crippen molar-refractivity contribution in [1.82, 2.24) is 20.5 Å². The maximum Gasteiger partial charge on any atom is 0.325 e. The predicted octanol–water partition coefficient (Wildman–Crippen LogP) is 3.26. The zero-order valence-corrected chi connectivity index (χ0v) is 23.0. The molecule has 1 aromatic heterocycles. The summed E-state index contributed by atoms with van der Waals surface area (Å²) in [7, 11) is 1.50. The number of carbonyl (C=O) groups is 5. The molecule has 1 aliphatic heterocycles. The van der Waals surface area contributed by atoms with E-state index in [2.05, 4.69) is 20.9 Å². The number of likely N-dealkylation sites (N-methyl/N-ethyl adjacent to an activating group) is 1. The number of imide groups is 1. The zero-order valence-electron chi connectivity index (χ0n) is 22.2. The Balaban J connectivity index is 1.59.